The lowest BCUT2D eigenvalue weighted by molar-refractivity contribution is 0.0983. The Morgan fingerprint density at radius 3 is 2.68 bits per heavy atom. The first-order valence-electron chi connectivity index (χ1n) is 7.23. The van der Waals surface area contributed by atoms with Crippen molar-refractivity contribution >= 4 is 17.5 Å². The van der Waals surface area contributed by atoms with E-state index in [1.54, 1.807) is 17.0 Å². The molecule has 0 saturated carbocycles. The average molecular weight is 296 g/mol. The molecule has 5 heteroatoms. The number of hydrogen-bond donors (Lipinski definition) is 1. The SMILES string of the molecule is C=CCNc1nc(C)cc(C(=O)N(CC)c2ccccc2)n1. The quantitative estimate of drug-likeness (QED) is 0.832. The summed E-state index contributed by atoms with van der Waals surface area (Å²) in [7, 11) is 0. The van der Waals surface area contributed by atoms with Gasteiger partial charge in [0.15, 0.2) is 0 Å². The van der Waals surface area contributed by atoms with Crippen molar-refractivity contribution in [2.45, 2.75) is 13.8 Å². The summed E-state index contributed by atoms with van der Waals surface area (Å²) in [5.41, 5.74) is 1.98. The van der Waals surface area contributed by atoms with Gasteiger partial charge in [-0.25, -0.2) is 9.97 Å². The van der Waals surface area contributed by atoms with E-state index in [9.17, 15) is 4.79 Å². The van der Waals surface area contributed by atoms with Crippen LogP contribution >= 0.6 is 0 Å². The van der Waals surface area contributed by atoms with Crippen molar-refractivity contribution in [1.29, 1.82) is 0 Å². The fourth-order valence-electron chi connectivity index (χ4n) is 2.11. The molecule has 0 bridgehead atoms. The highest BCUT2D eigenvalue weighted by atomic mass is 16.2. The second-order valence-corrected chi connectivity index (χ2v) is 4.77. The molecule has 0 radical (unpaired) electrons. The van der Waals surface area contributed by atoms with Crippen LogP contribution in [0.1, 0.15) is 23.1 Å². The number of carbonyl (C=O) groups is 1. The average Bonchev–Trinajstić information content (AvgIpc) is 2.54. The standard InChI is InChI=1S/C17H20N4O/c1-4-11-18-17-19-13(3)12-15(20-17)16(22)21(5-2)14-9-7-6-8-10-14/h4,6-10,12H,1,5,11H2,2-3H3,(H,18,19,20). The molecule has 0 aliphatic carbocycles. The highest BCUT2D eigenvalue weighted by molar-refractivity contribution is 6.04. The molecule has 114 valence electrons. The predicted octanol–water partition coefficient (Wildman–Crippen LogP) is 3.05. The molecule has 1 heterocycles. The molecule has 2 aromatic rings. The van der Waals surface area contributed by atoms with E-state index in [1.165, 1.54) is 0 Å². The van der Waals surface area contributed by atoms with Gasteiger partial charge in [0.2, 0.25) is 5.95 Å². The lowest BCUT2D eigenvalue weighted by Crippen LogP contribution is -2.31. The van der Waals surface area contributed by atoms with Crippen LogP contribution in [0.5, 0.6) is 0 Å². The van der Waals surface area contributed by atoms with Gasteiger partial charge < -0.3 is 10.2 Å². The van der Waals surface area contributed by atoms with E-state index >= 15 is 0 Å². The minimum Gasteiger partial charge on any atom is -0.351 e. The highest BCUT2D eigenvalue weighted by Gasteiger charge is 2.18. The van der Waals surface area contributed by atoms with Gasteiger partial charge in [-0.1, -0.05) is 24.3 Å². The summed E-state index contributed by atoms with van der Waals surface area (Å²) in [4.78, 5) is 23.0. The third-order valence-corrected chi connectivity index (χ3v) is 3.11. The third-order valence-electron chi connectivity index (χ3n) is 3.11. The fraction of sp³-hybridized carbons (Fsp3) is 0.235. The normalized spacial score (nSPS) is 10.1. The zero-order valence-corrected chi connectivity index (χ0v) is 12.9. The van der Waals surface area contributed by atoms with Crippen LogP contribution in [0, 0.1) is 6.92 Å². The van der Waals surface area contributed by atoms with Crippen molar-refractivity contribution in [3.63, 3.8) is 0 Å². The Morgan fingerprint density at radius 1 is 1.32 bits per heavy atom. The zero-order valence-electron chi connectivity index (χ0n) is 12.9. The van der Waals surface area contributed by atoms with Crippen LogP contribution in [0.3, 0.4) is 0 Å². The van der Waals surface area contributed by atoms with E-state index in [2.05, 4.69) is 21.9 Å². The molecule has 0 fully saturated rings. The minimum absolute atomic E-state index is 0.138. The minimum atomic E-state index is -0.138. The molecule has 0 atom stereocenters. The molecule has 1 amide bonds. The Balaban J connectivity index is 2.31. The molecular formula is C17H20N4O. The first kappa shape index (κ1) is 15.7. The van der Waals surface area contributed by atoms with Gasteiger partial charge in [0.1, 0.15) is 5.69 Å². The molecule has 1 aromatic carbocycles. The third kappa shape index (κ3) is 3.69. The number of rotatable bonds is 6. The van der Waals surface area contributed by atoms with Crippen molar-refractivity contribution in [2.75, 3.05) is 23.3 Å². The Morgan fingerprint density at radius 2 is 2.05 bits per heavy atom. The molecule has 5 nitrogen and oxygen atoms in total. The summed E-state index contributed by atoms with van der Waals surface area (Å²) in [6.07, 6.45) is 1.72. The summed E-state index contributed by atoms with van der Waals surface area (Å²) in [6.45, 7) is 8.55. The number of benzene rings is 1. The maximum Gasteiger partial charge on any atom is 0.277 e. The number of nitrogens with one attached hydrogen (secondary N) is 1. The van der Waals surface area contributed by atoms with E-state index in [1.807, 2.05) is 44.2 Å². The Kier molecular flexibility index (Phi) is 5.25. The molecule has 0 aliphatic heterocycles. The molecule has 0 unspecified atom stereocenters. The summed E-state index contributed by atoms with van der Waals surface area (Å²) in [5, 5.41) is 3.02. The van der Waals surface area contributed by atoms with Crippen LogP contribution in [0.2, 0.25) is 0 Å². The molecule has 22 heavy (non-hydrogen) atoms. The van der Waals surface area contributed by atoms with Gasteiger partial charge >= 0.3 is 0 Å². The van der Waals surface area contributed by atoms with Gasteiger partial charge in [-0.2, -0.15) is 0 Å². The number of para-hydroxylation sites is 1. The molecule has 0 spiro atoms. The Bertz CT molecular complexity index is 655. The predicted molar refractivity (Wildman–Crippen MR) is 89.2 cm³/mol. The van der Waals surface area contributed by atoms with Crippen molar-refractivity contribution < 1.29 is 4.79 Å². The van der Waals surface area contributed by atoms with Crippen LogP contribution in [-0.2, 0) is 0 Å². The molecule has 0 saturated heterocycles. The van der Waals surface area contributed by atoms with Gasteiger partial charge in [0.05, 0.1) is 0 Å². The van der Waals surface area contributed by atoms with Crippen LogP contribution in [0.25, 0.3) is 0 Å². The first-order valence-corrected chi connectivity index (χ1v) is 7.23. The molecule has 0 aliphatic rings. The number of carbonyl (C=O) groups excluding carboxylic acids is 1. The second kappa shape index (κ2) is 7.36. The monoisotopic (exact) mass is 296 g/mol. The van der Waals surface area contributed by atoms with E-state index in [0.29, 0.717) is 24.7 Å². The highest BCUT2D eigenvalue weighted by Crippen LogP contribution is 2.16. The molecule has 2 rings (SSSR count). The zero-order chi connectivity index (χ0) is 15.9. The summed E-state index contributed by atoms with van der Waals surface area (Å²) >= 11 is 0. The maximum absolute atomic E-state index is 12.7. The summed E-state index contributed by atoms with van der Waals surface area (Å²) in [5.74, 6) is 0.299. The van der Waals surface area contributed by atoms with Gasteiger partial charge in [-0.3, -0.25) is 4.79 Å². The molecule has 1 aromatic heterocycles. The van der Waals surface area contributed by atoms with Crippen molar-refractivity contribution in [1.82, 2.24) is 9.97 Å². The van der Waals surface area contributed by atoms with E-state index in [0.717, 1.165) is 11.4 Å². The molecule has 1 N–H and O–H groups in total. The largest absolute Gasteiger partial charge is 0.351 e. The van der Waals surface area contributed by atoms with Gasteiger partial charge in [-0.05, 0) is 32.0 Å². The fourth-order valence-corrected chi connectivity index (χ4v) is 2.11. The smallest absolute Gasteiger partial charge is 0.277 e. The van der Waals surface area contributed by atoms with E-state index < -0.39 is 0 Å². The number of nitrogens with zero attached hydrogens (tertiary/aromatic N) is 3. The van der Waals surface area contributed by atoms with Crippen LogP contribution < -0.4 is 10.2 Å². The van der Waals surface area contributed by atoms with E-state index in [-0.39, 0.29) is 5.91 Å². The topological polar surface area (TPSA) is 58.1 Å². The Labute approximate surface area is 130 Å². The first-order chi connectivity index (χ1) is 10.7. The van der Waals surface area contributed by atoms with Gasteiger partial charge in [-0.15, -0.1) is 6.58 Å². The van der Waals surface area contributed by atoms with Gasteiger partial charge in [0, 0.05) is 24.5 Å². The van der Waals surface area contributed by atoms with Crippen molar-refractivity contribution in [3.05, 3.63) is 60.4 Å². The van der Waals surface area contributed by atoms with Crippen molar-refractivity contribution in [3.8, 4) is 0 Å². The lowest BCUT2D eigenvalue weighted by atomic mass is 10.2. The lowest BCUT2D eigenvalue weighted by Gasteiger charge is -2.21. The number of anilines is 2. The molecular weight excluding hydrogens is 276 g/mol. The maximum atomic E-state index is 12.7. The van der Waals surface area contributed by atoms with Crippen LogP contribution in [-0.4, -0.2) is 29.0 Å². The number of hydrogen-bond acceptors (Lipinski definition) is 4. The number of amides is 1. The van der Waals surface area contributed by atoms with Gasteiger partial charge in [0.25, 0.3) is 5.91 Å². The van der Waals surface area contributed by atoms with Crippen LogP contribution in [0.15, 0.2) is 49.1 Å². The van der Waals surface area contributed by atoms with E-state index in [4.69, 9.17) is 0 Å². The van der Waals surface area contributed by atoms with Crippen molar-refractivity contribution in [2.24, 2.45) is 0 Å². The number of aryl methyl sites for hydroxylation is 1. The second-order valence-electron chi connectivity index (χ2n) is 4.77. The summed E-state index contributed by atoms with van der Waals surface area (Å²) < 4.78 is 0. The Hall–Kier alpha value is -2.69. The summed E-state index contributed by atoms with van der Waals surface area (Å²) in [6, 6.07) is 11.3. The number of aromatic nitrogens is 2. The van der Waals surface area contributed by atoms with Crippen LogP contribution in [0.4, 0.5) is 11.6 Å².